The number of benzene rings is 1. The Morgan fingerprint density at radius 1 is 1.20 bits per heavy atom. The maximum Gasteiger partial charge on any atom is 0.133 e. The quantitative estimate of drug-likeness (QED) is 0.696. The second-order valence-electron chi connectivity index (χ2n) is 5.41. The van der Waals surface area contributed by atoms with E-state index in [-0.39, 0.29) is 0 Å². The van der Waals surface area contributed by atoms with Crippen molar-refractivity contribution in [2.24, 2.45) is 5.92 Å². The molecule has 0 fully saturated rings. The maximum absolute atomic E-state index is 5.29. The zero-order chi connectivity index (χ0) is 15.0. The lowest BCUT2D eigenvalue weighted by Gasteiger charge is -2.27. The Balaban J connectivity index is 2.78. The summed E-state index contributed by atoms with van der Waals surface area (Å²) in [6.07, 6.45) is 6.20. The van der Waals surface area contributed by atoms with Gasteiger partial charge in [-0.15, -0.1) is 0 Å². The second-order valence-corrected chi connectivity index (χ2v) is 6.26. The number of halogens is 1. The molecule has 1 unspecified atom stereocenters. The van der Waals surface area contributed by atoms with E-state index in [4.69, 9.17) is 4.74 Å². The number of methoxy groups -OCH3 is 1. The third kappa shape index (κ3) is 5.10. The number of nitrogens with one attached hydrogen (secondary N) is 1. The van der Waals surface area contributed by atoms with Crippen molar-refractivity contribution in [3.05, 3.63) is 28.2 Å². The topological polar surface area (TPSA) is 21.3 Å². The van der Waals surface area contributed by atoms with Crippen molar-refractivity contribution in [2.75, 3.05) is 14.2 Å². The molecular weight excluding hydrogens is 314 g/mol. The molecule has 2 nitrogen and oxygen atoms in total. The summed E-state index contributed by atoms with van der Waals surface area (Å²) < 4.78 is 6.33. The molecule has 0 radical (unpaired) electrons. The first-order valence-electron chi connectivity index (χ1n) is 7.65. The first-order valence-corrected chi connectivity index (χ1v) is 8.45. The van der Waals surface area contributed by atoms with E-state index < -0.39 is 0 Å². The van der Waals surface area contributed by atoms with Gasteiger partial charge in [-0.05, 0) is 65.9 Å². The molecule has 0 saturated carbocycles. The third-order valence-electron chi connectivity index (χ3n) is 3.93. The van der Waals surface area contributed by atoms with E-state index in [0.717, 1.165) is 22.6 Å². The van der Waals surface area contributed by atoms with E-state index in [1.807, 2.05) is 6.07 Å². The first kappa shape index (κ1) is 17.5. The number of hydrogen-bond acceptors (Lipinski definition) is 2. The van der Waals surface area contributed by atoms with Crippen molar-refractivity contribution in [1.29, 1.82) is 0 Å². The molecule has 0 saturated heterocycles. The Hall–Kier alpha value is -0.540. The molecule has 0 bridgehead atoms. The van der Waals surface area contributed by atoms with E-state index in [2.05, 4.69) is 54.3 Å². The zero-order valence-corrected chi connectivity index (χ0v) is 14.8. The molecule has 1 N–H and O–H groups in total. The normalized spacial score (nSPS) is 12.7. The zero-order valence-electron chi connectivity index (χ0n) is 13.2. The van der Waals surface area contributed by atoms with Gasteiger partial charge in [-0.1, -0.05) is 32.8 Å². The minimum absolute atomic E-state index is 0.551. The van der Waals surface area contributed by atoms with Gasteiger partial charge in [0.25, 0.3) is 0 Å². The summed E-state index contributed by atoms with van der Waals surface area (Å²) in [5, 5.41) is 3.52. The Morgan fingerprint density at radius 3 is 2.30 bits per heavy atom. The van der Waals surface area contributed by atoms with Gasteiger partial charge in [-0.3, -0.25) is 0 Å². The lowest BCUT2D eigenvalue weighted by molar-refractivity contribution is 0.322. The van der Waals surface area contributed by atoms with Gasteiger partial charge in [0.1, 0.15) is 5.75 Å². The van der Waals surface area contributed by atoms with Crippen LogP contribution in [0.15, 0.2) is 22.7 Å². The smallest absolute Gasteiger partial charge is 0.133 e. The van der Waals surface area contributed by atoms with Crippen molar-refractivity contribution in [3.8, 4) is 5.75 Å². The summed E-state index contributed by atoms with van der Waals surface area (Å²) in [6, 6.07) is 6.94. The molecule has 0 heterocycles. The average Bonchev–Trinajstić information content (AvgIpc) is 2.45. The lowest BCUT2D eigenvalue weighted by atomic mass is 9.87. The largest absolute Gasteiger partial charge is 0.496 e. The number of likely N-dealkylation sites (N-methyl/N-ethyl adjacent to an activating group) is 1. The minimum atomic E-state index is 0.551. The highest BCUT2D eigenvalue weighted by atomic mass is 79.9. The summed E-state index contributed by atoms with van der Waals surface area (Å²) in [5.41, 5.74) is 1.36. The Kier molecular flexibility index (Phi) is 8.24. The van der Waals surface area contributed by atoms with Crippen LogP contribution in [-0.4, -0.2) is 20.2 Å². The first-order chi connectivity index (χ1) is 9.65. The molecule has 0 amide bonds. The number of hydrogen-bond donors (Lipinski definition) is 1. The molecule has 20 heavy (non-hydrogen) atoms. The molecule has 1 aromatic carbocycles. The van der Waals surface area contributed by atoms with Crippen molar-refractivity contribution in [1.82, 2.24) is 5.32 Å². The molecule has 3 heteroatoms. The fraction of sp³-hybridized carbons (Fsp3) is 0.647. The van der Waals surface area contributed by atoms with Crippen LogP contribution in [0.25, 0.3) is 0 Å². The Bertz CT molecular complexity index is 389. The van der Waals surface area contributed by atoms with E-state index in [1.54, 1.807) is 7.11 Å². The Morgan fingerprint density at radius 2 is 1.85 bits per heavy atom. The van der Waals surface area contributed by atoms with Crippen LogP contribution in [0.4, 0.5) is 0 Å². The van der Waals surface area contributed by atoms with Crippen LogP contribution in [0.3, 0.4) is 0 Å². The Labute approximate surface area is 132 Å². The van der Waals surface area contributed by atoms with Gasteiger partial charge in [0.15, 0.2) is 0 Å². The predicted molar refractivity (Wildman–Crippen MR) is 90.6 cm³/mol. The van der Waals surface area contributed by atoms with Crippen molar-refractivity contribution in [2.45, 2.75) is 52.0 Å². The molecule has 0 aliphatic carbocycles. The van der Waals surface area contributed by atoms with E-state index in [9.17, 15) is 0 Å². The molecule has 0 aliphatic heterocycles. The lowest BCUT2D eigenvalue weighted by Crippen LogP contribution is -2.35. The summed E-state index contributed by atoms with van der Waals surface area (Å²) >= 11 is 3.57. The van der Waals surface area contributed by atoms with Crippen molar-refractivity contribution < 1.29 is 4.74 Å². The van der Waals surface area contributed by atoms with Crippen molar-refractivity contribution in [3.63, 3.8) is 0 Å². The van der Waals surface area contributed by atoms with Crippen LogP contribution in [0, 0.1) is 5.92 Å². The van der Waals surface area contributed by atoms with Gasteiger partial charge < -0.3 is 10.1 Å². The average molecular weight is 342 g/mol. The van der Waals surface area contributed by atoms with Gasteiger partial charge in [-0.2, -0.15) is 0 Å². The molecule has 0 aromatic heterocycles. The second kappa shape index (κ2) is 9.41. The highest BCUT2D eigenvalue weighted by Crippen LogP contribution is 2.27. The van der Waals surface area contributed by atoms with E-state index in [1.165, 1.54) is 31.2 Å². The van der Waals surface area contributed by atoms with Crippen LogP contribution in [-0.2, 0) is 6.42 Å². The monoisotopic (exact) mass is 341 g/mol. The van der Waals surface area contributed by atoms with Crippen LogP contribution < -0.4 is 10.1 Å². The van der Waals surface area contributed by atoms with Crippen LogP contribution in [0.2, 0.25) is 0 Å². The minimum Gasteiger partial charge on any atom is -0.496 e. The maximum atomic E-state index is 5.29. The number of rotatable bonds is 9. The van der Waals surface area contributed by atoms with Gasteiger partial charge in [-0.25, -0.2) is 0 Å². The highest BCUT2D eigenvalue weighted by Gasteiger charge is 2.19. The molecule has 114 valence electrons. The summed E-state index contributed by atoms with van der Waals surface area (Å²) in [4.78, 5) is 0. The van der Waals surface area contributed by atoms with Gasteiger partial charge in [0.2, 0.25) is 0 Å². The van der Waals surface area contributed by atoms with Gasteiger partial charge >= 0.3 is 0 Å². The van der Waals surface area contributed by atoms with E-state index >= 15 is 0 Å². The molecule has 1 aromatic rings. The molecular formula is C17H28BrNO. The third-order valence-corrected chi connectivity index (χ3v) is 4.55. The molecule has 1 atom stereocenters. The standard InChI is InChI=1S/C17H28BrNO/c1-5-7-14(8-6-2)16(19-3)12-13-9-10-17(20-4)15(18)11-13/h9-11,14,16,19H,5-8,12H2,1-4H3. The molecule has 1 rings (SSSR count). The highest BCUT2D eigenvalue weighted by molar-refractivity contribution is 9.10. The van der Waals surface area contributed by atoms with Gasteiger partial charge in [0.05, 0.1) is 11.6 Å². The van der Waals surface area contributed by atoms with E-state index in [0.29, 0.717) is 6.04 Å². The predicted octanol–water partition coefficient (Wildman–Crippen LogP) is 4.80. The summed E-state index contributed by atoms with van der Waals surface area (Å²) in [5.74, 6) is 1.66. The fourth-order valence-corrected chi connectivity index (χ4v) is 3.47. The van der Waals surface area contributed by atoms with Crippen LogP contribution in [0.1, 0.15) is 45.1 Å². The molecule has 0 spiro atoms. The van der Waals surface area contributed by atoms with Gasteiger partial charge in [0, 0.05) is 6.04 Å². The molecule has 0 aliphatic rings. The van der Waals surface area contributed by atoms with Crippen LogP contribution >= 0.6 is 15.9 Å². The summed E-state index contributed by atoms with van der Waals surface area (Å²) in [7, 11) is 3.79. The van der Waals surface area contributed by atoms with Crippen molar-refractivity contribution >= 4 is 15.9 Å². The number of ether oxygens (including phenoxy) is 1. The fourth-order valence-electron chi connectivity index (χ4n) is 2.88. The SMILES string of the molecule is CCCC(CCC)C(Cc1ccc(OC)c(Br)c1)NC. The van der Waals surface area contributed by atoms with Crippen LogP contribution in [0.5, 0.6) is 5.75 Å². The summed E-state index contributed by atoms with van der Waals surface area (Å²) in [6.45, 7) is 4.55.